The molecule has 2 aromatic heterocycles. The molecule has 1 fully saturated rings. The third-order valence-corrected chi connectivity index (χ3v) is 6.36. The molecule has 1 aliphatic carbocycles. The number of carboxylic acids is 1. The Balaban J connectivity index is 1.50. The van der Waals surface area contributed by atoms with E-state index >= 15 is 0 Å². The zero-order valence-electron chi connectivity index (χ0n) is 19.8. The van der Waals surface area contributed by atoms with Crippen LogP contribution >= 0.6 is 11.6 Å². The van der Waals surface area contributed by atoms with Crippen LogP contribution in [0.25, 0.3) is 0 Å². The predicted octanol–water partition coefficient (Wildman–Crippen LogP) is 3.32. The van der Waals surface area contributed by atoms with Crippen molar-refractivity contribution >= 4 is 23.3 Å². The summed E-state index contributed by atoms with van der Waals surface area (Å²) in [5.41, 5.74) is -0.180. The molecule has 10 nitrogen and oxygen atoms in total. The van der Waals surface area contributed by atoms with E-state index in [0.717, 1.165) is 10.1 Å². The summed E-state index contributed by atoms with van der Waals surface area (Å²) < 4.78 is 21.6. The fourth-order valence-electron chi connectivity index (χ4n) is 3.97. The van der Waals surface area contributed by atoms with Gasteiger partial charge in [0.25, 0.3) is 5.88 Å². The zero-order chi connectivity index (χ0) is 26.8. The van der Waals surface area contributed by atoms with E-state index in [0.29, 0.717) is 22.9 Å². The smallest absolute Gasteiger partial charge is 0.335 e. The maximum absolute atomic E-state index is 13.8. The number of hydrogen-bond acceptors (Lipinski definition) is 6. The van der Waals surface area contributed by atoms with Crippen molar-refractivity contribution in [2.45, 2.75) is 19.5 Å². The fourth-order valence-corrected chi connectivity index (χ4v) is 4.10. The number of ether oxygens (including phenoxy) is 1. The number of aromatic amines is 1. The summed E-state index contributed by atoms with van der Waals surface area (Å²) in [4.78, 5) is 48.4. The molecule has 0 spiro atoms. The van der Waals surface area contributed by atoms with E-state index in [2.05, 4.69) is 15.0 Å². The normalized spacial score (nSPS) is 16.8. The number of halogens is 2. The predicted molar refractivity (Wildman–Crippen MR) is 135 cm³/mol. The Morgan fingerprint density at radius 2 is 1.87 bits per heavy atom. The summed E-state index contributed by atoms with van der Waals surface area (Å²) in [5.74, 6) is -2.28. The second-order valence-corrected chi connectivity index (χ2v) is 9.23. The lowest BCUT2D eigenvalue weighted by atomic mass is 10.2. The van der Waals surface area contributed by atoms with Crippen LogP contribution in [0.15, 0.2) is 81.4 Å². The molecule has 12 heteroatoms. The van der Waals surface area contributed by atoms with Crippen LogP contribution in [-0.2, 0) is 17.9 Å². The summed E-state index contributed by atoms with van der Waals surface area (Å²) in [5, 5.41) is 9.73. The Kier molecular flexibility index (Phi) is 6.93. The van der Waals surface area contributed by atoms with Crippen molar-refractivity contribution < 1.29 is 19.0 Å². The average molecular weight is 538 g/mol. The van der Waals surface area contributed by atoms with Crippen molar-refractivity contribution in [3.05, 3.63) is 110 Å². The van der Waals surface area contributed by atoms with Gasteiger partial charge in [0.1, 0.15) is 5.75 Å². The molecule has 0 amide bonds. The standard InChI is InChI=1S/C26H21ClFN5O5/c27-17-5-3-15(4-6-17)13-32-24(31-25(36)33(26(32)37)14-16-12-20(16)23(34)35)30-18-7-9-19(10-8-18)38-22-21(28)2-1-11-29-22/h1-11,16,20H,12-14H2,(H,34,35)(H,30,31,36)/t16-,20+/m0/s1. The highest BCUT2D eigenvalue weighted by molar-refractivity contribution is 6.30. The Morgan fingerprint density at radius 1 is 1.13 bits per heavy atom. The number of nitrogens with one attached hydrogen (secondary N) is 1. The Labute approximate surface area is 219 Å². The maximum Gasteiger partial charge on any atom is 0.335 e. The molecule has 4 aromatic rings. The van der Waals surface area contributed by atoms with Crippen LogP contribution < -0.4 is 21.7 Å². The molecule has 1 saturated carbocycles. The first-order chi connectivity index (χ1) is 18.3. The molecular weight excluding hydrogens is 517 g/mol. The van der Waals surface area contributed by atoms with Gasteiger partial charge in [0.2, 0.25) is 5.62 Å². The number of pyridine rings is 1. The molecule has 0 saturated heterocycles. The van der Waals surface area contributed by atoms with Gasteiger partial charge >= 0.3 is 17.3 Å². The summed E-state index contributed by atoms with van der Waals surface area (Å²) in [7, 11) is 0. The summed E-state index contributed by atoms with van der Waals surface area (Å²) in [6, 6.07) is 15.8. The van der Waals surface area contributed by atoms with Crippen molar-refractivity contribution in [1.82, 2.24) is 19.1 Å². The van der Waals surface area contributed by atoms with E-state index in [-0.39, 0.29) is 30.5 Å². The minimum Gasteiger partial charge on any atom is -0.481 e. The van der Waals surface area contributed by atoms with Crippen LogP contribution in [-0.4, -0.2) is 30.2 Å². The lowest BCUT2D eigenvalue weighted by Gasteiger charge is -2.11. The van der Waals surface area contributed by atoms with Gasteiger partial charge in [-0.1, -0.05) is 23.7 Å². The summed E-state index contributed by atoms with van der Waals surface area (Å²) >= 11 is 5.98. The van der Waals surface area contributed by atoms with Crippen molar-refractivity contribution in [3.8, 4) is 11.6 Å². The number of rotatable bonds is 8. The van der Waals surface area contributed by atoms with Gasteiger partial charge in [-0.25, -0.2) is 28.5 Å². The summed E-state index contributed by atoms with van der Waals surface area (Å²) in [6.07, 6.45) is 1.81. The van der Waals surface area contributed by atoms with Gasteiger partial charge in [0, 0.05) is 17.8 Å². The Morgan fingerprint density at radius 3 is 2.53 bits per heavy atom. The number of benzene rings is 2. The molecule has 2 heterocycles. The number of carbonyl (C=O) groups is 1. The number of hydrogen-bond donors (Lipinski definition) is 2. The first-order valence-electron chi connectivity index (χ1n) is 11.6. The van der Waals surface area contributed by atoms with E-state index in [1.54, 1.807) is 48.5 Å². The second-order valence-electron chi connectivity index (χ2n) is 8.80. The second kappa shape index (κ2) is 10.5. The number of aliphatic carboxylic acids is 1. The van der Waals surface area contributed by atoms with Crippen LogP contribution in [0.1, 0.15) is 12.0 Å². The Bertz CT molecular complexity index is 1680. The molecule has 5 rings (SSSR count). The lowest BCUT2D eigenvalue weighted by molar-refractivity contribution is -0.138. The highest BCUT2D eigenvalue weighted by Crippen LogP contribution is 2.39. The average Bonchev–Trinajstić information content (AvgIpc) is 3.68. The number of nitrogens with zero attached hydrogens (tertiary/aromatic N) is 4. The van der Waals surface area contributed by atoms with E-state index < -0.39 is 29.1 Å². The van der Waals surface area contributed by atoms with E-state index in [4.69, 9.17) is 16.3 Å². The zero-order valence-corrected chi connectivity index (χ0v) is 20.5. The molecule has 2 atom stereocenters. The van der Waals surface area contributed by atoms with Crippen molar-refractivity contribution in [1.29, 1.82) is 0 Å². The molecule has 1 aliphatic rings. The number of aromatic nitrogens is 4. The summed E-state index contributed by atoms with van der Waals surface area (Å²) in [6.45, 7) is 0.0704. The molecular formula is C26H21ClFN5O5. The van der Waals surface area contributed by atoms with Crippen LogP contribution in [0.4, 0.5) is 10.1 Å². The first kappa shape index (κ1) is 25.2. The Hall–Kier alpha value is -4.51. The van der Waals surface area contributed by atoms with Crippen LogP contribution in [0, 0.1) is 17.7 Å². The molecule has 2 N–H and O–H groups in total. The topological polar surface area (TPSA) is 132 Å². The lowest BCUT2D eigenvalue weighted by Crippen LogP contribution is -2.50. The van der Waals surface area contributed by atoms with Gasteiger partial charge < -0.3 is 9.84 Å². The van der Waals surface area contributed by atoms with Gasteiger partial charge in [0.05, 0.1) is 18.2 Å². The first-order valence-corrected chi connectivity index (χ1v) is 12.0. The van der Waals surface area contributed by atoms with E-state index in [9.17, 15) is 23.9 Å². The third kappa shape index (κ3) is 5.57. The SMILES string of the molecule is O=C(O)[C@@H]1C[C@H]1Cn1c(=O)[nH]c(=Nc2ccc(Oc3ncccc3F)cc2)n(Cc2ccc(Cl)cc2)c1=O. The van der Waals surface area contributed by atoms with E-state index in [1.165, 1.54) is 22.9 Å². The minimum absolute atomic E-state index is 0.00113. The van der Waals surface area contributed by atoms with Gasteiger partial charge in [-0.3, -0.25) is 14.3 Å². The monoisotopic (exact) mass is 537 g/mol. The molecule has 194 valence electrons. The van der Waals surface area contributed by atoms with Gasteiger partial charge in [-0.15, -0.1) is 0 Å². The molecule has 2 aromatic carbocycles. The van der Waals surface area contributed by atoms with Crippen LogP contribution in [0.3, 0.4) is 0 Å². The number of carboxylic acid groups (broad SMARTS) is 1. The molecule has 0 aliphatic heterocycles. The van der Waals surface area contributed by atoms with Crippen molar-refractivity contribution in [3.63, 3.8) is 0 Å². The van der Waals surface area contributed by atoms with Gasteiger partial charge in [-0.05, 0) is 66.4 Å². The molecule has 38 heavy (non-hydrogen) atoms. The molecule has 0 bridgehead atoms. The van der Waals surface area contributed by atoms with Crippen molar-refractivity contribution in [2.75, 3.05) is 0 Å². The highest BCUT2D eigenvalue weighted by atomic mass is 35.5. The van der Waals surface area contributed by atoms with Gasteiger partial charge in [0.15, 0.2) is 5.82 Å². The quantitative estimate of drug-likeness (QED) is 0.354. The number of H-pyrrole nitrogens is 1. The third-order valence-electron chi connectivity index (χ3n) is 6.10. The largest absolute Gasteiger partial charge is 0.481 e. The molecule has 0 radical (unpaired) electrons. The fraction of sp³-hybridized carbons (Fsp3) is 0.192. The van der Waals surface area contributed by atoms with Crippen LogP contribution in [0.5, 0.6) is 11.6 Å². The maximum atomic E-state index is 13.8. The van der Waals surface area contributed by atoms with Crippen LogP contribution in [0.2, 0.25) is 5.02 Å². The minimum atomic E-state index is -0.946. The molecule has 0 unspecified atom stereocenters. The van der Waals surface area contributed by atoms with Gasteiger partial charge in [-0.2, -0.15) is 0 Å². The van der Waals surface area contributed by atoms with E-state index in [1.807, 2.05) is 0 Å². The van der Waals surface area contributed by atoms with Crippen molar-refractivity contribution in [2.24, 2.45) is 16.8 Å². The highest BCUT2D eigenvalue weighted by Gasteiger charge is 2.43.